The van der Waals surface area contributed by atoms with Crippen molar-refractivity contribution < 1.29 is 117 Å². The van der Waals surface area contributed by atoms with Crippen molar-refractivity contribution in [2.45, 2.75) is 122 Å². The highest BCUT2D eigenvalue weighted by atomic mass is 17.2. The minimum atomic E-state index is 0.135. The molecule has 22 rings (SSSR count). The third kappa shape index (κ3) is 19.7. The Morgan fingerprint density at radius 3 is 0.300 bits per heavy atom. The van der Waals surface area contributed by atoms with Crippen LogP contribution in [0.15, 0.2) is 72.8 Å². The second-order valence-corrected chi connectivity index (χ2v) is 19.3. The molecule has 0 heterocycles. The van der Waals surface area contributed by atoms with Crippen LogP contribution in [0.3, 0.4) is 0 Å². The summed E-state index contributed by atoms with van der Waals surface area (Å²) >= 11 is 0. The lowest BCUT2D eigenvalue weighted by Gasteiger charge is -2.21. The van der Waals surface area contributed by atoms with E-state index < -0.39 is 0 Å². The molecule has 16 aliphatic carbocycles. The van der Waals surface area contributed by atoms with Gasteiger partial charge in [-0.15, -0.1) is 0 Å². The Morgan fingerprint density at radius 1 is 0.156 bits per heavy atom. The Labute approximate surface area is 525 Å². The fourth-order valence-corrected chi connectivity index (χ4v) is 9.15. The summed E-state index contributed by atoms with van der Waals surface area (Å²) in [6.45, 7) is 24.3. The van der Waals surface area contributed by atoms with Crippen LogP contribution in [0.5, 0.6) is 69.0 Å². The molecule has 6 aromatic rings. The van der Waals surface area contributed by atoms with Gasteiger partial charge in [-0.25, -0.2) is 0 Å². The highest BCUT2D eigenvalue weighted by Crippen LogP contribution is 2.44. The second-order valence-electron chi connectivity index (χ2n) is 19.3. The van der Waals surface area contributed by atoms with Crippen LogP contribution in [0.4, 0.5) is 0 Å². The molecule has 0 saturated carbocycles. The zero-order valence-electron chi connectivity index (χ0n) is 53.5. The molecule has 16 aliphatic rings. The van der Waals surface area contributed by atoms with Crippen LogP contribution in [0.25, 0.3) is 0 Å². The molecule has 0 spiro atoms. The van der Waals surface area contributed by atoms with Crippen molar-refractivity contribution >= 4 is 0 Å². The van der Waals surface area contributed by atoms with Crippen LogP contribution in [0, 0.1) is 0 Å². The lowest BCUT2D eigenvalue weighted by molar-refractivity contribution is -0.206. The van der Waals surface area contributed by atoms with Gasteiger partial charge in [-0.05, 0) is 156 Å². The standard InChI is InChI=1S/C66H84O24/c1-13-67-79-55-31-44-26-46-34-60(84-72-18-6)48(36-59(46)83-71-17-5)28-50-38-64(88-76-22-10)52(40-63(50)87-75-21-9)30-54-42-65(89-77-23-11)53(41-66(54)90-78-24-12)29-51-39-61(85-73-19-7)49(37-62(51)86-74-20-8)27-47-35-57(81-69-15-3)45(33-58(47)82-70-16-4)25-43(55)32-56(44)80-68-14-2/h31-42H,13-30H2,1-12H3. The van der Waals surface area contributed by atoms with E-state index in [1.807, 2.05) is 83.1 Å². The molecule has 0 aliphatic heterocycles. The first-order chi connectivity index (χ1) is 44.1. The van der Waals surface area contributed by atoms with Gasteiger partial charge in [0.1, 0.15) is 0 Å². The van der Waals surface area contributed by atoms with Crippen molar-refractivity contribution in [2.24, 2.45) is 0 Å². The van der Waals surface area contributed by atoms with Gasteiger partial charge in [0.15, 0.2) is 69.0 Å². The Bertz CT molecular complexity index is 2430. The van der Waals surface area contributed by atoms with Crippen LogP contribution in [-0.4, -0.2) is 79.3 Å². The van der Waals surface area contributed by atoms with Gasteiger partial charge >= 0.3 is 0 Å². The summed E-state index contributed by atoms with van der Waals surface area (Å²) in [5.41, 5.74) is 7.06. The number of rotatable bonds is 36. The van der Waals surface area contributed by atoms with E-state index in [1.165, 1.54) is 0 Å². The molecular weight excluding hydrogens is 1180 g/mol. The van der Waals surface area contributed by atoms with E-state index in [-0.39, 0.29) is 118 Å². The molecule has 0 aromatic heterocycles. The van der Waals surface area contributed by atoms with Crippen molar-refractivity contribution in [1.82, 2.24) is 0 Å². The third-order valence-electron chi connectivity index (χ3n) is 12.9. The predicted molar refractivity (Wildman–Crippen MR) is 323 cm³/mol. The molecule has 24 heteroatoms. The van der Waals surface area contributed by atoms with Crippen molar-refractivity contribution in [1.29, 1.82) is 0 Å². The molecule has 0 radical (unpaired) electrons. The van der Waals surface area contributed by atoms with E-state index >= 15 is 0 Å². The molecule has 0 fully saturated rings. The summed E-state index contributed by atoms with van der Waals surface area (Å²) in [5, 5.41) is 0. The maximum Gasteiger partial charge on any atom is 0.169 e. The van der Waals surface area contributed by atoms with Gasteiger partial charge < -0.3 is 58.7 Å². The molecule has 0 amide bonds. The maximum absolute atomic E-state index is 6.10. The van der Waals surface area contributed by atoms with Crippen molar-refractivity contribution in [3.63, 3.8) is 0 Å². The van der Waals surface area contributed by atoms with Crippen LogP contribution in [0.1, 0.15) is 150 Å². The topological polar surface area (TPSA) is 222 Å². The summed E-state index contributed by atoms with van der Waals surface area (Å²) in [6, 6.07) is 21.6. The first-order valence-corrected chi connectivity index (χ1v) is 30.6. The zero-order chi connectivity index (χ0) is 64.0. The zero-order valence-corrected chi connectivity index (χ0v) is 53.5. The van der Waals surface area contributed by atoms with Crippen LogP contribution >= 0.6 is 0 Å². The van der Waals surface area contributed by atoms with Gasteiger partial charge in [-0.3, -0.25) is 0 Å². The van der Waals surface area contributed by atoms with Crippen molar-refractivity contribution in [3.8, 4) is 69.0 Å². The molecule has 90 heavy (non-hydrogen) atoms. The van der Waals surface area contributed by atoms with Crippen LogP contribution in [-0.2, 0) is 97.2 Å². The van der Waals surface area contributed by atoms with E-state index in [0.717, 1.165) is 0 Å². The molecular formula is C66H84O24. The normalized spacial score (nSPS) is 12.1. The average molecular weight is 1260 g/mol. The first kappa shape index (κ1) is 69.9. The average Bonchev–Trinajstić information content (AvgIpc) is 0.965. The lowest BCUT2D eigenvalue weighted by atomic mass is 9.93. The minimum Gasteiger partial charge on any atom is -0.337 e. The van der Waals surface area contributed by atoms with Gasteiger partial charge in [0.25, 0.3) is 0 Å². The fourth-order valence-electron chi connectivity index (χ4n) is 9.15. The minimum absolute atomic E-state index is 0.135. The van der Waals surface area contributed by atoms with Gasteiger partial charge in [0.05, 0.1) is 79.3 Å². The quantitative estimate of drug-likeness (QED) is 0.0263. The molecule has 492 valence electrons. The molecule has 0 unspecified atom stereocenters. The fraction of sp³-hybridized carbons (Fsp3) is 0.455. The van der Waals surface area contributed by atoms with E-state index in [0.29, 0.717) is 136 Å². The molecule has 0 atom stereocenters. The Kier molecular flexibility index (Phi) is 29.2. The summed E-state index contributed by atoms with van der Waals surface area (Å²) in [7, 11) is 0. The molecule has 0 N–H and O–H groups in total. The SMILES string of the molecule is CCOOc1cc2c(OOCC)cc1Cc1cc(OOCC)c(cc1OOCC)Cc1cc(OOCC)c(cc1OOCC)Cc1cc(OOCC)c(cc1OOCC)Cc1cc(OOCC)c(cc1OOCC)Cc1cc(OOCC)c(cc1OOCC)C2. The number of benzene rings is 6. The highest BCUT2D eigenvalue weighted by molar-refractivity contribution is 5.60. The second kappa shape index (κ2) is 37.6. The molecule has 0 saturated heterocycles. The van der Waals surface area contributed by atoms with Crippen molar-refractivity contribution in [3.05, 3.63) is 140 Å². The summed E-state index contributed by atoms with van der Waals surface area (Å²) in [4.78, 5) is 141. The third-order valence-corrected chi connectivity index (χ3v) is 12.9. The Morgan fingerprint density at radius 2 is 0.233 bits per heavy atom. The molecule has 12 bridgehead atoms. The number of hydrogen-bond acceptors (Lipinski definition) is 24. The largest absolute Gasteiger partial charge is 0.337 e. The smallest absolute Gasteiger partial charge is 0.169 e. The molecule has 24 nitrogen and oxygen atoms in total. The summed E-state index contributed by atoms with van der Waals surface area (Å²) < 4.78 is 0. The van der Waals surface area contributed by atoms with E-state index in [1.54, 1.807) is 72.8 Å². The number of hydrogen-bond donors (Lipinski definition) is 0. The Balaban J connectivity index is 1.57. The van der Waals surface area contributed by atoms with E-state index in [9.17, 15) is 0 Å². The predicted octanol–water partition coefficient (Wildman–Crippen LogP) is 13.5. The van der Waals surface area contributed by atoms with Gasteiger partial charge in [0, 0.05) is 105 Å². The summed E-state index contributed by atoms with van der Waals surface area (Å²) in [5.74, 6) is 4.05. The van der Waals surface area contributed by atoms with Gasteiger partial charge in [0.2, 0.25) is 0 Å². The van der Waals surface area contributed by atoms with Gasteiger partial charge in [-0.1, -0.05) is 0 Å². The first-order valence-electron chi connectivity index (χ1n) is 30.6. The monoisotopic (exact) mass is 1260 g/mol. The molecule has 6 aromatic carbocycles. The Hall–Kier alpha value is -7.56. The summed E-state index contributed by atoms with van der Waals surface area (Å²) in [6.07, 6.45) is 0.812. The van der Waals surface area contributed by atoms with Crippen LogP contribution < -0.4 is 58.7 Å². The van der Waals surface area contributed by atoms with Crippen LogP contribution in [0.2, 0.25) is 0 Å². The van der Waals surface area contributed by atoms with E-state index in [4.69, 9.17) is 117 Å². The lowest BCUT2D eigenvalue weighted by Crippen LogP contribution is -2.10. The van der Waals surface area contributed by atoms with Crippen molar-refractivity contribution in [2.75, 3.05) is 79.3 Å². The maximum atomic E-state index is 6.10. The van der Waals surface area contributed by atoms with Gasteiger partial charge in [-0.2, -0.15) is 58.7 Å². The van der Waals surface area contributed by atoms with E-state index in [2.05, 4.69) is 0 Å². The highest BCUT2D eigenvalue weighted by Gasteiger charge is 2.28.